The summed E-state index contributed by atoms with van der Waals surface area (Å²) in [5, 5.41) is 16.8. The van der Waals surface area contributed by atoms with Gasteiger partial charge in [0.2, 0.25) is 0 Å². The van der Waals surface area contributed by atoms with Crippen molar-refractivity contribution >= 4 is 38.1 Å². The van der Waals surface area contributed by atoms with E-state index in [1.165, 1.54) is 28.0 Å². The van der Waals surface area contributed by atoms with Crippen molar-refractivity contribution in [3.05, 3.63) is 78.6 Å². The second kappa shape index (κ2) is 8.82. The van der Waals surface area contributed by atoms with Gasteiger partial charge >= 0.3 is 0 Å². The van der Waals surface area contributed by atoms with Crippen LogP contribution >= 0.6 is 0 Å². The van der Waals surface area contributed by atoms with Crippen LogP contribution in [0.2, 0.25) is 0 Å². The topological polar surface area (TPSA) is 103 Å². The molecule has 1 aliphatic rings. The molecular formula is C25H24N6O2S. The molecule has 34 heavy (non-hydrogen) atoms. The lowest BCUT2D eigenvalue weighted by Gasteiger charge is -2.33. The highest BCUT2D eigenvalue weighted by atomic mass is 32.2. The predicted molar refractivity (Wildman–Crippen MR) is 133 cm³/mol. The number of nitrogens with zero attached hydrogens (tertiary/aromatic N) is 4. The average molecular weight is 473 g/mol. The van der Waals surface area contributed by atoms with Crippen LogP contribution in [0.15, 0.2) is 78.0 Å². The molecule has 172 valence electrons. The second-order valence-electron chi connectivity index (χ2n) is 8.33. The fourth-order valence-corrected chi connectivity index (χ4v) is 5.73. The number of nitriles is 1. The summed E-state index contributed by atoms with van der Waals surface area (Å²) in [6, 6.07) is 20.1. The van der Waals surface area contributed by atoms with Crippen molar-refractivity contribution in [2.45, 2.75) is 17.9 Å². The number of anilines is 3. The Morgan fingerprint density at radius 2 is 1.94 bits per heavy atom. The molecule has 0 saturated carbocycles. The number of pyridine rings is 1. The highest BCUT2D eigenvalue weighted by Gasteiger charge is 2.22. The lowest BCUT2D eigenvalue weighted by molar-refractivity contribution is 0.485. The average Bonchev–Trinajstić information content (AvgIpc) is 3.29. The molecule has 0 amide bonds. The van der Waals surface area contributed by atoms with Gasteiger partial charge in [-0.15, -0.1) is 0 Å². The molecule has 8 nitrogen and oxygen atoms in total. The van der Waals surface area contributed by atoms with Gasteiger partial charge < -0.3 is 15.5 Å². The molecule has 4 aromatic rings. The first kappa shape index (κ1) is 21.9. The number of hydrogen-bond acceptors (Lipinski definition) is 7. The smallest absolute Gasteiger partial charge is 0.269 e. The Morgan fingerprint density at radius 1 is 1.15 bits per heavy atom. The van der Waals surface area contributed by atoms with Crippen molar-refractivity contribution in [1.82, 2.24) is 14.3 Å². The molecule has 0 radical (unpaired) electrons. The third kappa shape index (κ3) is 4.09. The molecule has 0 spiro atoms. The van der Waals surface area contributed by atoms with E-state index in [2.05, 4.69) is 39.6 Å². The van der Waals surface area contributed by atoms with Crippen LogP contribution in [0.5, 0.6) is 0 Å². The van der Waals surface area contributed by atoms with Crippen LogP contribution in [0.3, 0.4) is 0 Å². The number of fused-ring (bicyclic) bond motifs is 1. The van der Waals surface area contributed by atoms with Gasteiger partial charge in [0.1, 0.15) is 16.8 Å². The molecule has 0 aliphatic carbocycles. The minimum Gasteiger partial charge on any atom is -0.369 e. The van der Waals surface area contributed by atoms with Crippen molar-refractivity contribution < 1.29 is 8.42 Å². The van der Waals surface area contributed by atoms with E-state index in [0.717, 1.165) is 25.3 Å². The maximum Gasteiger partial charge on any atom is 0.269 e. The quantitative estimate of drug-likeness (QED) is 0.457. The summed E-state index contributed by atoms with van der Waals surface area (Å²) < 4.78 is 27.9. The number of aromatic nitrogens is 2. The standard InChI is InChI=1S/C25H24N6O2S/c1-18-17-30(13-11-27-18)22-8-6-21(7-9-22)29-25-14-23-20(16-28-25)10-12-31(23)34(32,33)24-5-3-2-4-19(24)15-26/h2-10,12,14,16,18,27H,11,13,17H2,1H3,(H,28,29)/t18-/m1/s1. The zero-order valence-corrected chi connectivity index (χ0v) is 19.5. The summed E-state index contributed by atoms with van der Waals surface area (Å²) >= 11 is 0. The predicted octanol–water partition coefficient (Wildman–Crippen LogP) is 3.69. The Hall–Kier alpha value is -3.87. The molecule has 1 fully saturated rings. The maximum absolute atomic E-state index is 13.3. The van der Waals surface area contributed by atoms with Crippen molar-refractivity contribution in [3.8, 4) is 6.07 Å². The van der Waals surface area contributed by atoms with Crippen LogP contribution < -0.4 is 15.5 Å². The fraction of sp³-hybridized carbons (Fsp3) is 0.200. The summed E-state index contributed by atoms with van der Waals surface area (Å²) in [6.07, 6.45) is 3.12. The van der Waals surface area contributed by atoms with Gasteiger partial charge in [0.05, 0.1) is 11.1 Å². The first-order valence-electron chi connectivity index (χ1n) is 11.0. The lowest BCUT2D eigenvalue weighted by atomic mass is 10.2. The van der Waals surface area contributed by atoms with Gasteiger partial charge in [-0.25, -0.2) is 17.4 Å². The molecule has 5 rings (SSSR count). The Kier molecular flexibility index (Phi) is 5.69. The Balaban J connectivity index is 1.43. The zero-order chi connectivity index (χ0) is 23.7. The van der Waals surface area contributed by atoms with Gasteiger partial charge in [-0.2, -0.15) is 5.26 Å². The summed E-state index contributed by atoms with van der Waals surface area (Å²) in [5.74, 6) is 0.528. The third-order valence-electron chi connectivity index (χ3n) is 5.96. The highest BCUT2D eigenvalue weighted by molar-refractivity contribution is 7.90. The van der Waals surface area contributed by atoms with E-state index in [0.29, 0.717) is 22.8 Å². The monoisotopic (exact) mass is 472 g/mol. The fourth-order valence-electron chi connectivity index (χ4n) is 4.24. The Labute approximate surface area is 198 Å². The van der Waals surface area contributed by atoms with Gasteiger partial charge in [0.15, 0.2) is 0 Å². The molecule has 0 unspecified atom stereocenters. The number of rotatable bonds is 5. The number of benzene rings is 2. The van der Waals surface area contributed by atoms with Crippen LogP contribution in [0, 0.1) is 11.3 Å². The maximum atomic E-state index is 13.3. The van der Waals surface area contributed by atoms with Gasteiger partial charge in [0, 0.05) is 60.9 Å². The molecule has 1 aliphatic heterocycles. The Bertz CT molecular complexity index is 1490. The first-order valence-corrected chi connectivity index (χ1v) is 12.5. The van der Waals surface area contributed by atoms with Gasteiger partial charge in [0.25, 0.3) is 10.0 Å². The van der Waals surface area contributed by atoms with E-state index in [9.17, 15) is 13.7 Å². The van der Waals surface area contributed by atoms with Crippen molar-refractivity contribution in [1.29, 1.82) is 5.26 Å². The van der Waals surface area contributed by atoms with E-state index >= 15 is 0 Å². The van der Waals surface area contributed by atoms with E-state index in [1.54, 1.807) is 30.5 Å². The normalized spacial score (nSPS) is 16.4. The van der Waals surface area contributed by atoms with Crippen molar-refractivity contribution in [3.63, 3.8) is 0 Å². The van der Waals surface area contributed by atoms with Gasteiger partial charge in [-0.1, -0.05) is 12.1 Å². The van der Waals surface area contributed by atoms with E-state index in [-0.39, 0.29) is 10.5 Å². The molecule has 0 bridgehead atoms. The SMILES string of the molecule is C[C@@H]1CN(c2ccc(Nc3cc4c(ccn4S(=O)(=O)c4ccccc4C#N)cn3)cc2)CCN1. The van der Waals surface area contributed by atoms with Crippen LogP contribution in [0.1, 0.15) is 12.5 Å². The highest BCUT2D eigenvalue weighted by Crippen LogP contribution is 2.27. The van der Waals surface area contributed by atoms with Crippen LogP contribution in [-0.2, 0) is 10.0 Å². The van der Waals surface area contributed by atoms with Gasteiger partial charge in [-0.3, -0.25) is 0 Å². The first-order chi connectivity index (χ1) is 16.5. The Morgan fingerprint density at radius 3 is 2.71 bits per heavy atom. The van der Waals surface area contributed by atoms with E-state index in [1.807, 2.05) is 18.2 Å². The van der Waals surface area contributed by atoms with E-state index in [4.69, 9.17) is 0 Å². The second-order valence-corrected chi connectivity index (χ2v) is 10.1. The largest absolute Gasteiger partial charge is 0.369 e. The molecule has 9 heteroatoms. The zero-order valence-electron chi connectivity index (χ0n) is 18.6. The van der Waals surface area contributed by atoms with Gasteiger partial charge in [-0.05, 0) is 49.4 Å². The molecule has 2 N–H and O–H groups in total. The number of nitrogens with one attached hydrogen (secondary N) is 2. The summed E-state index contributed by atoms with van der Waals surface area (Å²) in [6.45, 7) is 5.08. The number of piperazine rings is 1. The molecule has 2 aromatic carbocycles. The van der Waals surface area contributed by atoms with Crippen LogP contribution in [0.4, 0.5) is 17.2 Å². The molecular weight excluding hydrogens is 448 g/mol. The minimum absolute atomic E-state index is 0.0286. The number of hydrogen-bond donors (Lipinski definition) is 2. The third-order valence-corrected chi connectivity index (χ3v) is 7.70. The molecule has 1 atom stereocenters. The summed E-state index contributed by atoms with van der Waals surface area (Å²) in [7, 11) is -3.95. The van der Waals surface area contributed by atoms with Crippen molar-refractivity contribution in [2.24, 2.45) is 0 Å². The van der Waals surface area contributed by atoms with Crippen LogP contribution in [0.25, 0.3) is 10.9 Å². The van der Waals surface area contributed by atoms with Crippen molar-refractivity contribution in [2.75, 3.05) is 29.9 Å². The summed E-state index contributed by atoms with van der Waals surface area (Å²) in [5.41, 5.74) is 2.61. The van der Waals surface area contributed by atoms with Crippen LogP contribution in [-0.4, -0.2) is 43.1 Å². The molecule has 1 saturated heterocycles. The molecule has 3 heterocycles. The minimum atomic E-state index is -3.95. The lowest BCUT2D eigenvalue weighted by Crippen LogP contribution is -2.49. The van der Waals surface area contributed by atoms with E-state index < -0.39 is 10.0 Å². The summed E-state index contributed by atoms with van der Waals surface area (Å²) in [4.78, 5) is 6.76. The molecule has 2 aromatic heterocycles.